The number of carboxylic acid groups (broad SMARTS) is 2. The van der Waals surface area contributed by atoms with Gasteiger partial charge in [-0.15, -0.1) is 0 Å². The molecule has 1 atom stereocenters. The third kappa shape index (κ3) is 14.0. The molecule has 1 fully saturated rings. The van der Waals surface area contributed by atoms with E-state index in [2.05, 4.69) is 23.8 Å². The summed E-state index contributed by atoms with van der Waals surface area (Å²) in [5.41, 5.74) is 1.01. The predicted octanol–water partition coefficient (Wildman–Crippen LogP) is 3.65. The van der Waals surface area contributed by atoms with E-state index in [9.17, 15) is 31.4 Å². The first-order chi connectivity index (χ1) is 15.6. The number of hydrogen-bond acceptors (Lipinski definition) is 5. The van der Waals surface area contributed by atoms with Gasteiger partial charge in [-0.1, -0.05) is 37.3 Å². The zero-order chi connectivity index (χ0) is 26.5. The zero-order valence-corrected chi connectivity index (χ0v) is 18.8. The number of benzene rings is 1. The summed E-state index contributed by atoms with van der Waals surface area (Å²) in [6, 6.07) is 9.95. The monoisotopic (exact) mass is 504 g/mol. The van der Waals surface area contributed by atoms with Crippen molar-refractivity contribution in [3.05, 3.63) is 35.9 Å². The molecule has 2 rings (SSSR count). The van der Waals surface area contributed by atoms with Gasteiger partial charge in [-0.05, 0) is 51.0 Å². The van der Waals surface area contributed by atoms with Gasteiger partial charge in [-0.2, -0.15) is 26.3 Å². The molecule has 3 N–H and O–H groups in total. The minimum atomic E-state index is -5.08. The van der Waals surface area contributed by atoms with Crippen LogP contribution in [-0.4, -0.2) is 89.2 Å². The summed E-state index contributed by atoms with van der Waals surface area (Å²) < 4.78 is 63.5. The lowest BCUT2D eigenvalue weighted by atomic mass is 9.96. The van der Waals surface area contributed by atoms with Gasteiger partial charge in [0.05, 0.1) is 6.10 Å². The lowest BCUT2D eigenvalue weighted by Gasteiger charge is -2.33. The van der Waals surface area contributed by atoms with E-state index in [-0.39, 0.29) is 6.10 Å². The average Bonchev–Trinajstić information content (AvgIpc) is 2.74. The first-order valence-corrected chi connectivity index (χ1v) is 10.3. The van der Waals surface area contributed by atoms with Crippen LogP contribution in [0.4, 0.5) is 26.3 Å². The maximum atomic E-state index is 10.6. The van der Waals surface area contributed by atoms with E-state index < -0.39 is 24.3 Å². The molecule has 0 aromatic heterocycles. The Morgan fingerprint density at radius 3 is 1.76 bits per heavy atom. The molecule has 196 valence electrons. The van der Waals surface area contributed by atoms with Gasteiger partial charge in [-0.25, -0.2) is 9.59 Å². The van der Waals surface area contributed by atoms with Crippen molar-refractivity contribution in [2.75, 3.05) is 39.8 Å². The Hall–Kier alpha value is -2.38. The van der Waals surface area contributed by atoms with E-state index in [1.165, 1.54) is 32.5 Å². The first-order valence-electron chi connectivity index (χ1n) is 10.3. The molecule has 0 saturated carbocycles. The largest absolute Gasteiger partial charge is 0.490 e. The van der Waals surface area contributed by atoms with E-state index >= 15 is 0 Å². The highest BCUT2D eigenvalue weighted by atomic mass is 19.4. The topological polar surface area (TPSA) is 101 Å². The molecule has 1 saturated heterocycles. The number of aliphatic hydroxyl groups excluding tert-OH is 1. The molecule has 1 aliphatic rings. The van der Waals surface area contributed by atoms with Crippen molar-refractivity contribution in [2.24, 2.45) is 5.92 Å². The number of aliphatic hydroxyl groups is 1. The fourth-order valence-corrected chi connectivity index (χ4v) is 3.08. The summed E-state index contributed by atoms with van der Waals surface area (Å²) in [5.74, 6) is -4.73. The molecule has 7 nitrogen and oxygen atoms in total. The molecular formula is C21H30F6N2O5. The first kappa shape index (κ1) is 31.6. The van der Waals surface area contributed by atoms with Gasteiger partial charge >= 0.3 is 24.3 Å². The molecule has 13 heteroatoms. The average molecular weight is 504 g/mol. The second-order valence-corrected chi connectivity index (χ2v) is 7.63. The summed E-state index contributed by atoms with van der Waals surface area (Å²) in [4.78, 5) is 22.6. The second kappa shape index (κ2) is 14.8. The van der Waals surface area contributed by atoms with Crippen molar-refractivity contribution in [1.82, 2.24) is 9.80 Å². The Balaban J connectivity index is 0.000000642. The van der Waals surface area contributed by atoms with Crippen LogP contribution in [0.5, 0.6) is 0 Å². The van der Waals surface area contributed by atoms with Crippen LogP contribution >= 0.6 is 0 Å². The van der Waals surface area contributed by atoms with Gasteiger partial charge in [0.25, 0.3) is 0 Å². The predicted molar refractivity (Wildman–Crippen MR) is 111 cm³/mol. The zero-order valence-electron chi connectivity index (χ0n) is 18.8. The lowest BCUT2D eigenvalue weighted by molar-refractivity contribution is -0.193. The highest BCUT2D eigenvalue weighted by Crippen LogP contribution is 2.19. The number of aliphatic carboxylic acids is 2. The normalized spacial score (nSPS) is 16.1. The van der Waals surface area contributed by atoms with Crippen molar-refractivity contribution in [3.8, 4) is 0 Å². The molecule has 1 aromatic carbocycles. The Morgan fingerprint density at radius 2 is 1.41 bits per heavy atom. The Labute approximate surface area is 193 Å². The van der Waals surface area contributed by atoms with Gasteiger partial charge < -0.3 is 25.1 Å². The van der Waals surface area contributed by atoms with Crippen LogP contribution in [0.1, 0.15) is 31.4 Å². The second-order valence-electron chi connectivity index (χ2n) is 7.63. The number of rotatable bonds is 6. The van der Waals surface area contributed by atoms with Gasteiger partial charge in [0.1, 0.15) is 0 Å². The van der Waals surface area contributed by atoms with E-state index in [0.717, 1.165) is 24.6 Å². The summed E-state index contributed by atoms with van der Waals surface area (Å²) in [6.07, 6.45) is -7.96. The summed E-state index contributed by atoms with van der Waals surface area (Å²) >= 11 is 0. The van der Waals surface area contributed by atoms with Gasteiger partial charge in [-0.3, -0.25) is 0 Å². The summed E-state index contributed by atoms with van der Waals surface area (Å²) in [6.45, 7) is 7.70. The SMILES string of the molecule is CCN1CCC(CN(C)CC(O)c2ccccc2)CC1.O=C(O)C(F)(F)F.O=C(O)C(F)(F)F. The van der Waals surface area contributed by atoms with E-state index in [0.29, 0.717) is 0 Å². The third-order valence-electron chi connectivity index (χ3n) is 4.88. The molecule has 0 bridgehead atoms. The molecule has 1 aliphatic heterocycles. The number of likely N-dealkylation sites (N-methyl/N-ethyl adjacent to an activating group) is 1. The van der Waals surface area contributed by atoms with Crippen LogP contribution in [0, 0.1) is 5.92 Å². The third-order valence-corrected chi connectivity index (χ3v) is 4.88. The van der Waals surface area contributed by atoms with Crippen LogP contribution in [0.3, 0.4) is 0 Å². The number of hydrogen-bond donors (Lipinski definition) is 3. The standard InChI is InChI=1S/C17H28N2O.2C2HF3O2/c1-3-19-11-9-15(10-12-19)13-18(2)14-17(20)16-7-5-4-6-8-16;2*3-2(4,5)1(6)7/h4-8,15,17,20H,3,9-14H2,1-2H3;2*(H,6,7). The maximum Gasteiger partial charge on any atom is 0.490 e. The van der Waals surface area contributed by atoms with Crippen molar-refractivity contribution >= 4 is 11.9 Å². The van der Waals surface area contributed by atoms with E-state index in [4.69, 9.17) is 19.8 Å². The van der Waals surface area contributed by atoms with Crippen molar-refractivity contribution in [3.63, 3.8) is 0 Å². The number of carboxylic acids is 2. The van der Waals surface area contributed by atoms with Crippen molar-refractivity contribution in [2.45, 2.75) is 38.2 Å². The van der Waals surface area contributed by atoms with Crippen LogP contribution in [0.25, 0.3) is 0 Å². The number of halogens is 6. The number of likely N-dealkylation sites (tertiary alicyclic amines) is 1. The van der Waals surface area contributed by atoms with Crippen molar-refractivity contribution in [1.29, 1.82) is 0 Å². The Kier molecular flexibility index (Phi) is 13.8. The maximum absolute atomic E-state index is 10.6. The van der Waals surface area contributed by atoms with E-state index in [1.54, 1.807) is 0 Å². The molecule has 1 unspecified atom stereocenters. The molecule has 0 spiro atoms. The van der Waals surface area contributed by atoms with Crippen LogP contribution in [0.2, 0.25) is 0 Å². The molecule has 0 radical (unpaired) electrons. The van der Waals surface area contributed by atoms with Crippen LogP contribution < -0.4 is 0 Å². The Morgan fingerprint density at radius 1 is 1.00 bits per heavy atom. The summed E-state index contributed by atoms with van der Waals surface area (Å²) in [7, 11) is 2.12. The number of carbonyl (C=O) groups is 2. The molecule has 34 heavy (non-hydrogen) atoms. The molecule has 1 heterocycles. The lowest BCUT2D eigenvalue weighted by Crippen LogP contribution is -2.38. The molecule has 0 aliphatic carbocycles. The number of nitrogens with zero attached hydrogens (tertiary/aromatic N) is 2. The number of alkyl halides is 6. The van der Waals surface area contributed by atoms with Crippen LogP contribution in [-0.2, 0) is 9.59 Å². The summed E-state index contributed by atoms with van der Waals surface area (Å²) in [5, 5.41) is 24.5. The fraction of sp³-hybridized carbons (Fsp3) is 0.619. The van der Waals surface area contributed by atoms with Gasteiger partial charge in [0, 0.05) is 13.1 Å². The molecule has 1 aromatic rings. The highest BCUT2D eigenvalue weighted by Gasteiger charge is 2.38. The molecule has 0 amide bonds. The van der Waals surface area contributed by atoms with Crippen molar-refractivity contribution < 1.29 is 51.3 Å². The molecular weight excluding hydrogens is 474 g/mol. The highest BCUT2D eigenvalue weighted by molar-refractivity contribution is 5.73. The fourth-order valence-electron chi connectivity index (χ4n) is 3.08. The Bertz CT molecular complexity index is 699. The van der Waals surface area contributed by atoms with Gasteiger partial charge in [0.2, 0.25) is 0 Å². The smallest absolute Gasteiger partial charge is 0.475 e. The van der Waals surface area contributed by atoms with Gasteiger partial charge in [0.15, 0.2) is 0 Å². The van der Waals surface area contributed by atoms with E-state index in [1.807, 2.05) is 30.3 Å². The van der Waals surface area contributed by atoms with Crippen LogP contribution in [0.15, 0.2) is 30.3 Å². The minimum absolute atomic E-state index is 0.378. The quantitative estimate of drug-likeness (QED) is 0.509. The number of piperidine rings is 1. The minimum Gasteiger partial charge on any atom is -0.475 e.